The maximum atomic E-state index is 13.1. The topological polar surface area (TPSA) is 111 Å². The third-order valence-corrected chi connectivity index (χ3v) is 5.67. The number of carboxylic acids is 1. The number of aromatic nitrogens is 2. The first-order chi connectivity index (χ1) is 17.4. The van der Waals surface area contributed by atoms with E-state index >= 15 is 0 Å². The van der Waals surface area contributed by atoms with Crippen LogP contribution in [0.2, 0.25) is 0 Å². The first kappa shape index (κ1) is 32.4. The first-order valence-corrected chi connectivity index (χ1v) is 12.1. The normalized spacial score (nSPS) is 10.4. The molecule has 4 aromatic rings. The Morgan fingerprint density at radius 2 is 1.47 bits per heavy atom. The number of sulfonamides is 1. The van der Waals surface area contributed by atoms with E-state index in [0.29, 0.717) is 5.69 Å². The minimum absolute atomic E-state index is 0. The zero-order chi connectivity index (χ0) is 27.5. The third kappa shape index (κ3) is 10.8. The molecule has 38 heavy (non-hydrogen) atoms. The van der Waals surface area contributed by atoms with Gasteiger partial charge in [0.05, 0.1) is 16.2 Å². The van der Waals surface area contributed by atoms with Gasteiger partial charge in [0.2, 0.25) is 0 Å². The van der Waals surface area contributed by atoms with Crippen molar-refractivity contribution in [1.82, 2.24) is 9.97 Å². The van der Waals surface area contributed by atoms with Crippen molar-refractivity contribution in [3.8, 4) is 11.3 Å². The number of hydrogen-bond donors (Lipinski definition) is 1. The smallest absolute Gasteiger partial charge is 0.416 e. The van der Waals surface area contributed by atoms with Gasteiger partial charge in [-0.25, -0.2) is 8.42 Å². The number of alkyl halides is 3. The van der Waals surface area contributed by atoms with Crippen LogP contribution in [0, 0.1) is 6.92 Å². The monoisotopic (exact) mass is 636 g/mol. The summed E-state index contributed by atoms with van der Waals surface area (Å²) in [5.41, 5.74) is 0.0645. The van der Waals surface area contributed by atoms with Gasteiger partial charge in [0.25, 0.3) is 5.97 Å². The van der Waals surface area contributed by atoms with Crippen LogP contribution in [0.1, 0.15) is 18.1 Å². The molecule has 0 amide bonds. The van der Waals surface area contributed by atoms with Crippen molar-refractivity contribution < 1.29 is 51.9 Å². The van der Waals surface area contributed by atoms with E-state index in [0.717, 1.165) is 24.6 Å². The second-order valence-corrected chi connectivity index (χ2v) is 8.97. The number of nitrogens with zero attached hydrogens (tertiary/aromatic N) is 3. The second-order valence-electron chi connectivity index (χ2n) is 7.37. The van der Waals surface area contributed by atoms with Gasteiger partial charge in [0.15, 0.2) is 0 Å². The first-order valence-electron chi connectivity index (χ1n) is 10.6. The third-order valence-electron chi connectivity index (χ3n) is 4.37. The molecule has 204 valence electrons. The number of benzene rings is 2. The average molecular weight is 637 g/mol. The van der Waals surface area contributed by atoms with Crippen molar-refractivity contribution in [3.05, 3.63) is 113 Å². The molecule has 0 saturated carbocycles. The largest absolute Gasteiger partial charge is 0.572 e. The molecule has 0 radical (unpaired) electrons. The van der Waals surface area contributed by atoms with E-state index in [1.165, 1.54) is 24.4 Å². The van der Waals surface area contributed by atoms with Crippen LogP contribution in [0.15, 0.2) is 102 Å². The van der Waals surface area contributed by atoms with E-state index in [1.54, 1.807) is 49.6 Å². The fourth-order valence-corrected chi connectivity index (χ4v) is 3.72. The van der Waals surface area contributed by atoms with Crippen LogP contribution in [0.5, 0.6) is 0 Å². The molecule has 0 aliphatic carbocycles. The SMILES string of the molecule is CC(=O)O.Cc1ccc(S(=O)(=O)[N-]c2cc(C(F)(F)F)ccc2-c2ccccn2)cc1.[Pd].c1ccncc1. The molecule has 0 unspecified atom stereocenters. The summed E-state index contributed by atoms with van der Waals surface area (Å²) in [5.74, 6) is -0.833. The number of aryl methyl sites for hydroxylation is 1. The van der Waals surface area contributed by atoms with Crippen molar-refractivity contribution in [3.63, 3.8) is 0 Å². The molecule has 0 saturated heterocycles. The molecule has 4 rings (SSSR count). The molecule has 0 bridgehead atoms. The number of rotatable bonds is 4. The number of aliphatic carboxylic acids is 1. The van der Waals surface area contributed by atoms with Crippen LogP contribution in [-0.4, -0.2) is 29.5 Å². The van der Waals surface area contributed by atoms with Gasteiger partial charge >= 0.3 is 6.18 Å². The van der Waals surface area contributed by atoms with Crippen molar-refractivity contribution in [2.75, 3.05) is 0 Å². The van der Waals surface area contributed by atoms with Crippen molar-refractivity contribution in [2.45, 2.75) is 24.9 Å². The Kier molecular flexibility index (Phi) is 12.8. The Morgan fingerprint density at radius 3 is 1.92 bits per heavy atom. The molecule has 7 nitrogen and oxygen atoms in total. The second kappa shape index (κ2) is 15.0. The molecule has 0 fully saturated rings. The number of carbonyl (C=O) groups is 1. The minimum atomic E-state index is -4.62. The minimum Gasteiger partial charge on any atom is -0.572 e. The Morgan fingerprint density at radius 1 is 0.895 bits per heavy atom. The van der Waals surface area contributed by atoms with Gasteiger partial charge in [-0.1, -0.05) is 42.0 Å². The summed E-state index contributed by atoms with van der Waals surface area (Å²) < 4.78 is 68.1. The predicted octanol–water partition coefficient (Wildman–Crippen LogP) is 6.64. The van der Waals surface area contributed by atoms with E-state index in [-0.39, 0.29) is 36.6 Å². The van der Waals surface area contributed by atoms with E-state index in [9.17, 15) is 21.6 Å². The van der Waals surface area contributed by atoms with E-state index in [1.807, 2.05) is 18.2 Å². The molecule has 0 aliphatic rings. The van der Waals surface area contributed by atoms with Gasteiger partial charge in [-0.3, -0.25) is 14.8 Å². The Labute approximate surface area is 232 Å². The van der Waals surface area contributed by atoms with Crippen LogP contribution in [0.25, 0.3) is 16.0 Å². The summed E-state index contributed by atoms with van der Waals surface area (Å²) in [5, 5.41) is 7.42. The number of pyridine rings is 2. The van der Waals surface area contributed by atoms with Gasteiger partial charge < -0.3 is 9.83 Å². The summed E-state index contributed by atoms with van der Waals surface area (Å²) >= 11 is 0. The molecule has 12 heteroatoms. The van der Waals surface area contributed by atoms with E-state index in [2.05, 4.69) is 14.7 Å². The summed E-state index contributed by atoms with van der Waals surface area (Å²) in [6.07, 6.45) is 0.339. The van der Waals surface area contributed by atoms with Crippen molar-refractivity contribution in [1.29, 1.82) is 0 Å². The van der Waals surface area contributed by atoms with Gasteiger partial charge in [-0.05, 0) is 55.0 Å². The Hall–Kier alpha value is -3.59. The maximum absolute atomic E-state index is 13.1. The van der Waals surface area contributed by atoms with E-state index < -0.39 is 27.7 Å². The quantitative estimate of drug-likeness (QED) is 0.252. The average Bonchev–Trinajstić information content (AvgIpc) is 2.85. The molecule has 0 aliphatic heterocycles. The maximum Gasteiger partial charge on any atom is 0.416 e. The molecular weight excluding hydrogens is 614 g/mol. The molecule has 1 N–H and O–H groups in total. The fraction of sp³-hybridized carbons (Fsp3) is 0.115. The van der Waals surface area contributed by atoms with Gasteiger partial charge in [0.1, 0.15) is 10.0 Å². The summed E-state index contributed by atoms with van der Waals surface area (Å²) in [6.45, 7) is 2.87. The van der Waals surface area contributed by atoms with Crippen LogP contribution in [0.4, 0.5) is 18.9 Å². The fourth-order valence-electron chi connectivity index (χ4n) is 2.73. The molecular formula is C26H23F3N3O4PdS-. The molecule has 0 spiro atoms. The van der Waals surface area contributed by atoms with Crippen LogP contribution in [0.3, 0.4) is 0 Å². The van der Waals surface area contributed by atoms with E-state index in [4.69, 9.17) is 9.90 Å². The number of carboxylic acid groups (broad SMARTS) is 1. The zero-order valence-electron chi connectivity index (χ0n) is 20.1. The van der Waals surface area contributed by atoms with Crippen LogP contribution in [-0.2, 0) is 41.4 Å². The molecule has 2 heterocycles. The Balaban J connectivity index is 0.000000553. The molecule has 0 atom stereocenters. The standard InChI is InChI=1S/C19H14F3N2O2S.C5H5N.C2H4O2.Pd/c1-13-5-8-15(9-6-13)27(25,26)24-18-12-14(19(20,21)22)7-10-16(18)17-4-2-3-11-23-17;1-2-4-6-5-3-1;1-2(3)4;/h2-12H,1H3;1-5H;1H3,(H,3,4);/q-1;;;. The predicted molar refractivity (Wildman–Crippen MR) is 134 cm³/mol. The number of hydrogen-bond acceptors (Lipinski definition) is 5. The molecule has 2 aromatic heterocycles. The summed E-state index contributed by atoms with van der Waals surface area (Å²) in [4.78, 5) is 16.8. The summed E-state index contributed by atoms with van der Waals surface area (Å²) in [7, 11) is -4.19. The van der Waals surface area contributed by atoms with Crippen molar-refractivity contribution in [2.24, 2.45) is 0 Å². The van der Waals surface area contributed by atoms with Gasteiger partial charge in [-0.15, -0.1) is 5.69 Å². The van der Waals surface area contributed by atoms with Crippen molar-refractivity contribution >= 4 is 21.7 Å². The molecule has 2 aromatic carbocycles. The number of halogens is 3. The van der Waals surface area contributed by atoms with Gasteiger partial charge in [-0.2, -0.15) is 13.2 Å². The van der Waals surface area contributed by atoms with Gasteiger partial charge in [0, 0.05) is 45.9 Å². The zero-order valence-corrected chi connectivity index (χ0v) is 22.5. The Bertz CT molecular complexity index is 1360. The van der Waals surface area contributed by atoms with Crippen LogP contribution >= 0.6 is 0 Å². The van der Waals surface area contributed by atoms with Crippen LogP contribution < -0.4 is 0 Å². The summed E-state index contributed by atoms with van der Waals surface area (Å²) in [6, 6.07) is 19.3.